The Morgan fingerprint density at radius 1 is 0.967 bits per heavy atom. The van der Waals surface area contributed by atoms with Crippen molar-refractivity contribution in [1.82, 2.24) is 15.1 Å². The van der Waals surface area contributed by atoms with E-state index in [9.17, 15) is 0 Å². The highest BCUT2D eigenvalue weighted by molar-refractivity contribution is 5.51. The van der Waals surface area contributed by atoms with Crippen molar-refractivity contribution in [2.24, 2.45) is 0 Å². The highest BCUT2D eigenvalue weighted by Gasteiger charge is 2.32. The van der Waals surface area contributed by atoms with Crippen LogP contribution in [0.15, 0.2) is 42.9 Å². The predicted octanol–water partition coefficient (Wildman–Crippen LogP) is 2.83. The van der Waals surface area contributed by atoms with Gasteiger partial charge in [-0.1, -0.05) is 10.7 Å². The summed E-state index contributed by atoms with van der Waals surface area (Å²) in [5.41, 5.74) is 5.20. The Morgan fingerprint density at radius 3 is 2.93 bits per heavy atom. The second kappa shape index (κ2) is 7.23. The molecule has 7 nitrogen and oxygen atoms in total. The smallest absolute Gasteiger partial charge is 0.262 e. The molecule has 3 N–H and O–H groups in total. The van der Waals surface area contributed by atoms with Crippen molar-refractivity contribution in [2.75, 3.05) is 29.0 Å². The molecule has 3 aromatic rings. The Bertz CT molecular complexity index is 1070. The summed E-state index contributed by atoms with van der Waals surface area (Å²) in [6, 6.07) is 8.72. The molecule has 0 radical (unpaired) electrons. The Morgan fingerprint density at radius 2 is 1.93 bits per heavy atom. The molecule has 3 aromatic heterocycles. The third kappa shape index (κ3) is 3.14. The number of nitrogens with one attached hydrogen (secondary N) is 3. The van der Waals surface area contributed by atoms with Gasteiger partial charge in [0.25, 0.3) is 6.17 Å². The molecule has 7 heteroatoms. The van der Waals surface area contributed by atoms with Gasteiger partial charge < -0.3 is 16.0 Å². The van der Waals surface area contributed by atoms with Crippen molar-refractivity contribution in [3.63, 3.8) is 0 Å². The fourth-order valence-corrected chi connectivity index (χ4v) is 4.82. The van der Waals surface area contributed by atoms with Crippen LogP contribution in [-0.4, -0.2) is 28.2 Å². The number of nitrogens with zero attached hydrogens (tertiary/aromatic N) is 4. The zero-order valence-corrected chi connectivity index (χ0v) is 16.9. The summed E-state index contributed by atoms with van der Waals surface area (Å²) in [6.45, 7) is 1.90. The molecule has 0 fully saturated rings. The van der Waals surface area contributed by atoms with Crippen LogP contribution in [0.2, 0.25) is 0 Å². The summed E-state index contributed by atoms with van der Waals surface area (Å²) in [6.07, 6.45) is 11.4. The summed E-state index contributed by atoms with van der Waals surface area (Å²) in [4.78, 5) is 9.25. The van der Waals surface area contributed by atoms with E-state index in [4.69, 9.17) is 10.1 Å². The Hall–Kier alpha value is -3.22. The molecule has 0 saturated heterocycles. The van der Waals surface area contributed by atoms with Gasteiger partial charge in [-0.25, -0.2) is 9.97 Å². The highest BCUT2D eigenvalue weighted by atomic mass is 15.4. The minimum Gasteiger partial charge on any atom is -0.369 e. The lowest BCUT2D eigenvalue weighted by Gasteiger charge is -2.15. The van der Waals surface area contributed by atoms with E-state index >= 15 is 0 Å². The van der Waals surface area contributed by atoms with E-state index in [2.05, 4.69) is 45.3 Å². The van der Waals surface area contributed by atoms with Crippen LogP contribution in [0, 0.1) is 0 Å². The van der Waals surface area contributed by atoms with Crippen LogP contribution in [0.4, 0.5) is 17.5 Å². The number of rotatable bonds is 2. The van der Waals surface area contributed by atoms with Gasteiger partial charge in [-0.2, -0.15) is 0 Å². The maximum atomic E-state index is 4.82. The molecule has 0 spiro atoms. The van der Waals surface area contributed by atoms with Gasteiger partial charge in [0.1, 0.15) is 11.6 Å². The lowest BCUT2D eigenvalue weighted by atomic mass is 9.93. The number of fused-ring (bicyclic) bond motifs is 3. The van der Waals surface area contributed by atoms with E-state index in [-0.39, 0.29) is 6.17 Å². The number of aryl methyl sites for hydroxylation is 2. The number of hydrogen-bond acceptors (Lipinski definition) is 6. The Kier molecular flexibility index (Phi) is 4.25. The van der Waals surface area contributed by atoms with Gasteiger partial charge in [-0.3, -0.25) is 0 Å². The maximum Gasteiger partial charge on any atom is 0.262 e. The minimum atomic E-state index is 0.109. The lowest BCUT2D eigenvalue weighted by molar-refractivity contribution is -0.770. The third-order valence-electron chi connectivity index (χ3n) is 6.53. The van der Waals surface area contributed by atoms with Gasteiger partial charge in [0.2, 0.25) is 0 Å². The van der Waals surface area contributed by atoms with Crippen LogP contribution < -0.4 is 20.6 Å². The van der Waals surface area contributed by atoms with Crippen LogP contribution in [0.1, 0.15) is 47.2 Å². The summed E-state index contributed by atoms with van der Waals surface area (Å²) >= 11 is 0. The van der Waals surface area contributed by atoms with Gasteiger partial charge in [0.15, 0.2) is 12.0 Å². The molecule has 0 amide bonds. The molecule has 0 bridgehead atoms. The fourth-order valence-electron chi connectivity index (χ4n) is 4.82. The maximum absolute atomic E-state index is 4.82. The van der Waals surface area contributed by atoms with Crippen molar-refractivity contribution in [3.05, 3.63) is 65.1 Å². The largest absolute Gasteiger partial charge is 0.369 e. The fraction of sp³-hybridized carbons (Fsp3) is 0.391. The zero-order chi connectivity index (χ0) is 19.9. The average Bonchev–Trinajstić information content (AvgIpc) is 3.11. The van der Waals surface area contributed by atoms with Crippen LogP contribution in [0.5, 0.6) is 0 Å². The van der Waals surface area contributed by atoms with Gasteiger partial charge in [-0.05, 0) is 48.9 Å². The first-order valence-corrected chi connectivity index (χ1v) is 10.9. The van der Waals surface area contributed by atoms with Crippen LogP contribution in [0.3, 0.4) is 0 Å². The van der Waals surface area contributed by atoms with Gasteiger partial charge in [0.05, 0.1) is 6.42 Å². The first kappa shape index (κ1) is 17.6. The summed E-state index contributed by atoms with van der Waals surface area (Å²) in [7, 11) is 0. The average molecular weight is 401 g/mol. The van der Waals surface area contributed by atoms with E-state index in [1.54, 1.807) is 0 Å². The molecule has 6 rings (SSSR count). The lowest BCUT2D eigenvalue weighted by Crippen LogP contribution is -2.47. The molecule has 0 saturated carbocycles. The second-order valence-corrected chi connectivity index (χ2v) is 8.47. The van der Waals surface area contributed by atoms with Crippen LogP contribution in [-0.2, 0) is 19.3 Å². The number of anilines is 3. The molecule has 152 valence electrons. The monoisotopic (exact) mass is 400 g/mol. The zero-order valence-electron chi connectivity index (χ0n) is 16.9. The molecule has 0 aromatic carbocycles. The first-order valence-electron chi connectivity index (χ1n) is 10.9. The molecule has 0 aliphatic carbocycles. The van der Waals surface area contributed by atoms with E-state index in [0.29, 0.717) is 5.92 Å². The highest BCUT2D eigenvalue weighted by Crippen LogP contribution is 2.32. The summed E-state index contributed by atoms with van der Waals surface area (Å²) < 4.78 is 2.04. The van der Waals surface area contributed by atoms with Gasteiger partial charge in [-0.15, -0.1) is 0 Å². The normalized spacial score (nSPS) is 21.9. The molecular weight excluding hydrogens is 374 g/mol. The summed E-state index contributed by atoms with van der Waals surface area (Å²) in [5, 5.41) is 15.3. The van der Waals surface area contributed by atoms with Crippen molar-refractivity contribution < 1.29 is 4.68 Å². The number of aromatic nitrogens is 4. The standard InChI is InChI=1S/C23H26N7/c1-3-15-5-6-17(13-26-21(15)24-8-1)19-11-18-12-20(28-22(18)27-14-19)30-10-7-16-4-2-9-25-23(16)29-30/h1,3,7-8,10-11,14,17,20H,2,4-6,9,12-13H2,(H,24,26)(H,25,29)(H,27,28)/q+1. The topological polar surface area (TPSA) is 78.6 Å². The molecule has 30 heavy (non-hydrogen) atoms. The molecular formula is C23H26N7+. The summed E-state index contributed by atoms with van der Waals surface area (Å²) in [5.74, 6) is 3.47. The van der Waals surface area contributed by atoms with Crippen molar-refractivity contribution in [2.45, 2.75) is 44.2 Å². The molecule has 2 unspecified atom stereocenters. The molecule has 3 aliphatic heterocycles. The van der Waals surface area contributed by atoms with Crippen LogP contribution in [0.25, 0.3) is 0 Å². The molecule has 3 aliphatic rings. The SMILES string of the molecule is c1cnc2c(c1)CCC(c1cnc3c(c1)CC([n+]1ccc4c(n1)NCCC4)N3)CN2. The number of pyridine rings is 2. The first-order chi connectivity index (χ1) is 14.8. The minimum absolute atomic E-state index is 0.109. The molecule has 2 atom stereocenters. The molecule has 6 heterocycles. The Labute approximate surface area is 176 Å². The third-order valence-corrected chi connectivity index (χ3v) is 6.53. The van der Waals surface area contributed by atoms with Gasteiger partial charge >= 0.3 is 0 Å². The Balaban J connectivity index is 1.20. The predicted molar refractivity (Wildman–Crippen MR) is 116 cm³/mol. The second-order valence-electron chi connectivity index (χ2n) is 8.47. The van der Waals surface area contributed by atoms with E-state index in [0.717, 1.165) is 56.2 Å². The van der Waals surface area contributed by atoms with E-state index in [1.807, 2.05) is 23.1 Å². The van der Waals surface area contributed by atoms with Crippen molar-refractivity contribution >= 4 is 17.5 Å². The van der Waals surface area contributed by atoms with E-state index in [1.165, 1.54) is 28.7 Å². The van der Waals surface area contributed by atoms with Crippen LogP contribution >= 0.6 is 0 Å². The van der Waals surface area contributed by atoms with Gasteiger partial charge in [0, 0.05) is 53.7 Å². The van der Waals surface area contributed by atoms with Crippen molar-refractivity contribution in [1.29, 1.82) is 0 Å². The quantitative estimate of drug-likeness (QED) is 0.574. The number of hydrogen-bond donors (Lipinski definition) is 3. The van der Waals surface area contributed by atoms with Crippen molar-refractivity contribution in [3.8, 4) is 0 Å². The van der Waals surface area contributed by atoms with E-state index < -0.39 is 0 Å².